The Bertz CT molecular complexity index is 604. The van der Waals surface area contributed by atoms with Gasteiger partial charge in [0.2, 0.25) is 5.91 Å². The molecule has 0 fully saturated rings. The van der Waals surface area contributed by atoms with Gasteiger partial charge in [0.05, 0.1) is 12.0 Å². The second kappa shape index (κ2) is 7.04. The van der Waals surface area contributed by atoms with Crippen molar-refractivity contribution in [1.29, 1.82) is 0 Å². The summed E-state index contributed by atoms with van der Waals surface area (Å²) in [6, 6.07) is 8.18. The number of carbonyl (C=O) groups is 1. The average Bonchev–Trinajstić information content (AvgIpc) is 2.83. The molecule has 0 aliphatic rings. The second-order valence-electron chi connectivity index (χ2n) is 5.49. The maximum absolute atomic E-state index is 12.0. The van der Waals surface area contributed by atoms with Crippen molar-refractivity contribution < 1.29 is 4.79 Å². The molecule has 0 radical (unpaired) electrons. The Hall–Kier alpha value is -2.14. The summed E-state index contributed by atoms with van der Waals surface area (Å²) in [5, 5.41) is 6.19. The number of nitrogens with zero attached hydrogens (tertiary/aromatic N) is 2. The van der Waals surface area contributed by atoms with E-state index in [1.165, 1.54) is 0 Å². The molecule has 1 amide bonds. The van der Waals surface area contributed by atoms with E-state index in [9.17, 15) is 4.79 Å². The molecule has 0 saturated carbocycles. The number of amides is 1. The number of carbonyl (C=O) groups excluding carboxylic acids is 1. The number of aromatic nitrogens is 2. The van der Waals surface area contributed by atoms with Crippen LogP contribution in [0.5, 0.6) is 0 Å². The molecule has 1 aromatic heterocycles. The van der Waals surface area contributed by atoms with Crippen LogP contribution in [0.1, 0.15) is 25.1 Å². The van der Waals surface area contributed by atoms with Crippen molar-refractivity contribution >= 4 is 11.6 Å². The van der Waals surface area contributed by atoms with Gasteiger partial charge in [0.25, 0.3) is 0 Å². The molecule has 0 aliphatic carbocycles. The molecule has 2 rings (SSSR count). The molecule has 0 atom stereocenters. The molecule has 1 aromatic carbocycles. The van der Waals surface area contributed by atoms with Crippen molar-refractivity contribution in [1.82, 2.24) is 14.9 Å². The van der Waals surface area contributed by atoms with Gasteiger partial charge < -0.3 is 15.2 Å². The van der Waals surface area contributed by atoms with Gasteiger partial charge in [0, 0.05) is 24.5 Å². The van der Waals surface area contributed by atoms with E-state index >= 15 is 0 Å². The van der Waals surface area contributed by atoms with Gasteiger partial charge in [-0.2, -0.15) is 0 Å². The van der Waals surface area contributed by atoms with E-state index in [1.54, 1.807) is 10.9 Å². The monoisotopic (exact) mass is 286 g/mol. The highest BCUT2D eigenvalue weighted by molar-refractivity contribution is 5.90. The maximum atomic E-state index is 12.0. The SMILES string of the molecule is Cc1cccc(NC(=O)Cn2cnc(CNC(C)C)c2)c1. The van der Waals surface area contributed by atoms with Crippen LogP contribution in [0.15, 0.2) is 36.8 Å². The lowest BCUT2D eigenvalue weighted by molar-refractivity contribution is -0.116. The van der Waals surface area contributed by atoms with Gasteiger partial charge in [-0.3, -0.25) is 4.79 Å². The molecule has 0 unspecified atom stereocenters. The smallest absolute Gasteiger partial charge is 0.244 e. The molecule has 0 aliphatic heterocycles. The van der Waals surface area contributed by atoms with Crippen molar-refractivity contribution in [3.8, 4) is 0 Å². The third-order valence-corrected chi connectivity index (χ3v) is 3.01. The molecule has 0 saturated heterocycles. The third kappa shape index (κ3) is 5.04. The normalized spacial score (nSPS) is 10.9. The highest BCUT2D eigenvalue weighted by Crippen LogP contribution is 2.09. The van der Waals surface area contributed by atoms with E-state index in [0.717, 1.165) is 16.9 Å². The van der Waals surface area contributed by atoms with Crippen LogP contribution in [0.2, 0.25) is 0 Å². The number of nitrogens with one attached hydrogen (secondary N) is 2. The summed E-state index contributed by atoms with van der Waals surface area (Å²) in [4.78, 5) is 16.3. The fourth-order valence-electron chi connectivity index (χ4n) is 1.98. The largest absolute Gasteiger partial charge is 0.328 e. The summed E-state index contributed by atoms with van der Waals surface area (Å²) in [6.45, 7) is 7.16. The molecule has 112 valence electrons. The van der Waals surface area contributed by atoms with Crippen LogP contribution in [0.3, 0.4) is 0 Å². The van der Waals surface area contributed by atoms with Crippen LogP contribution in [0.4, 0.5) is 5.69 Å². The number of hydrogen-bond donors (Lipinski definition) is 2. The van der Waals surface area contributed by atoms with Crippen LogP contribution >= 0.6 is 0 Å². The molecule has 5 nitrogen and oxygen atoms in total. The quantitative estimate of drug-likeness (QED) is 0.857. The highest BCUT2D eigenvalue weighted by Gasteiger charge is 2.05. The number of benzene rings is 1. The van der Waals surface area contributed by atoms with Crippen LogP contribution < -0.4 is 10.6 Å². The summed E-state index contributed by atoms with van der Waals surface area (Å²) in [6.07, 6.45) is 3.58. The van der Waals surface area contributed by atoms with Gasteiger partial charge in [0.1, 0.15) is 6.54 Å². The lowest BCUT2D eigenvalue weighted by Crippen LogP contribution is -2.22. The van der Waals surface area contributed by atoms with E-state index in [2.05, 4.69) is 29.5 Å². The Balaban J connectivity index is 1.88. The minimum Gasteiger partial charge on any atom is -0.328 e. The predicted octanol–water partition coefficient (Wildman–Crippen LogP) is 2.33. The Kier molecular flexibility index (Phi) is 5.11. The highest BCUT2D eigenvalue weighted by atomic mass is 16.1. The molecule has 5 heteroatoms. The predicted molar refractivity (Wildman–Crippen MR) is 84.0 cm³/mol. The van der Waals surface area contributed by atoms with E-state index in [-0.39, 0.29) is 12.5 Å². The molecule has 0 spiro atoms. The lowest BCUT2D eigenvalue weighted by Gasteiger charge is -2.06. The van der Waals surface area contributed by atoms with Crippen LogP contribution in [0.25, 0.3) is 0 Å². The van der Waals surface area contributed by atoms with Gasteiger partial charge in [-0.25, -0.2) is 4.98 Å². The number of anilines is 1. The maximum Gasteiger partial charge on any atom is 0.244 e. The molecule has 0 bridgehead atoms. The third-order valence-electron chi connectivity index (χ3n) is 3.01. The van der Waals surface area contributed by atoms with Gasteiger partial charge >= 0.3 is 0 Å². The van der Waals surface area contributed by atoms with E-state index < -0.39 is 0 Å². The summed E-state index contributed by atoms with van der Waals surface area (Å²) in [7, 11) is 0. The van der Waals surface area contributed by atoms with Crippen molar-refractivity contribution in [2.45, 2.75) is 39.9 Å². The van der Waals surface area contributed by atoms with Gasteiger partial charge in [0.15, 0.2) is 0 Å². The first kappa shape index (κ1) is 15.3. The minimum atomic E-state index is -0.0543. The Labute approximate surface area is 125 Å². The number of aryl methyl sites for hydroxylation is 1. The van der Waals surface area contributed by atoms with Crippen LogP contribution in [-0.4, -0.2) is 21.5 Å². The molecular formula is C16H22N4O. The summed E-state index contributed by atoms with van der Waals surface area (Å²) in [5.74, 6) is -0.0543. The van der Waals surface area contributed by atoms with Gasteiger partial charge in [-0.1, -0.05) is 26.0 Å². The standard InChI is InChI=1S/C16H22N4O/c1-12(2)17-8-15-9-20(11-18-15)10-16(21)19-14-6-4-5-13(3)7-14/h4-7,9,11-12,17H,8,10H2,1-3H3,(H,19,21). The Morgan fingerprint density at radius 3 is 2.90 bits per heavy atom. The van der Waals surface area contributed by atoms with E-state index in [4.69, 9.17) is 0 Å². The average molecular weight is 286 g/mol. The number of hydrogen-bond acceptors (Lipinski definition) is 3. The first-order valence-corrected chi connectivity index (χ1v) is 7.13. The number of imidazole rings is 1. The fraction of sp³-hybridized carbons (Fsp3) is 0.375. The summed E-state index contributed by atoms with van der Waals surface area (Å²) in [5.41, 5.74) is 2.88. The lowest BCUT2D eigenvalue weighted by atomic mass is 10.2. The zero-order chi connectivity index (χ0) is 15.2. The summed E-state index contributed by atoms with van der Waals surface area (Å²) < 4.78 is 1.79. The first-order chi connectivity index (χ1) is 10.0. The molecule has 2 N–H and O–H groups in total. The Morgan fingerprint density at radius 1 is 1.38 bits per heavy atom. The van der Waals surface area contributed by atoms with Gasteiger partial charge in [-0.05, 0) is 24.6 Å². The molecule has 2 aromatic rings. The fourth-order valence-corrected chi connectivity index (χ4v) is 1.98. The van der Waals surface area contributed by atoms with Crippen LogP contribution in [-0.2, 0) is 17.9 Å². The number of rotatable bonds is 6. The summed E-state index contributed by atoms with van der Waals surface area (Å²) >= 11 is 0. The van der Waals surface area contributed by atoms with E-state index in [1.807, 2.05) is 37.4 Å². The topological polar surface area (TPSA) is 59.0 Å². The second-order valence-corrected chi connectivity index (χ2v) is 5.49. The van der Waals surface area contributed by atoms with E-state index in [0.29, 0.717) is 12.6 Å². The zero-order valence-electron chi connectivity index (χ0n) is 12.8. The first-order valence-electron chi connectivity index (χ1n) is 7.13. The zero-order valence-corrected chi connectivity index (χ0v) is 12.8. The van der Waals surface area contributed by atoms with Gasteiger partial charge in [-0.15, -0.1) is 0 Å². The van der Waals surface area contributed by atoms with Crippen LogP contribution in [0, 0.1) is 6.92 Å². The molecular weight excluding hydrogens is 264 g/mol. The van der Waals surface area contributed by atoms with Crippen molar-refractivity contribution in [2.24, 2.45) is 0 Å². The minimum absolute atomic E-state index is 0.0543. The Morgan fingerprint density at radius 2 is 2.19 bits per heavy atom. The molecule has 1 heterocycles. The van der Waals surface area contributed by atoms with Crippen molar-refractivity contribution in [3.05, 3.63) is 48.0 Å². The van der Waals surface area contributed by atoms with Crippen molar-refractivity contribution in [3.63, 3.8) is 0 Å². The molecule has 21 heavy (non-hydrogen) atoms. The van der Waals surface area contributed by atoms with Crippen molar-refractivity contribution in [2.75, 3.05) is 5.32 Å².